The summed E-state index contributed by atoms with van der Waals surface area (Å²) >= 11 is 0. The second-order valence-corrected chi connectivity index (χ2v) is 5.98. The summed E-state index contributed by atoms with van der Waals surface area (Å²) in [4.78, 5) is 16.7. The zero-order chi connectivity index (χ0) is 16.9. The van der Waals surface area contributed by atoms with Crippen LogP contribution in [0.1, 0.15) is 36.2 Å². The number of aryl methyl sites for hydroxylation is 1. The Bertz CT molecular complexity index is 681. The van der Waals surface area contributed by atoms with Crippen LogP contribution in [0.3, 0.4) is 0 Å². The van der Waals surface area contributed by atoms with Crippen molar-refractivity contribution in [2.24, 2.45) is 5.92 Å². The van der Waals surface area contributed by atoms with Crippen molar-refractivity contribution in [3.8, 4) is 0 Å². The normalized spacial score (nSPS) is 16.8. The van der Waals surface area contributed by atoms with E-state index >= 15 is 0 Å². The fraction of sp³-hybridized carbons (Fsp3) is 0.471. The van der Waals surface area contributed by atoms with Crippen LogP contribution >= 0.6 is 0 Å². The second-order valence-electron chi connectivity index (χ2n) is 5.98. The number of carbonyl (C=O) groups is 1. The molecule has 6 nitrogen and oxygen atoms in total. The van der Waals surface area contributed by atoms with E-state index in [-0.39, 0.29) is 30.1 Å². The molecule has 0 aliphatic carbocycles. The van der Waals surface area contributed by atoms with E-state index in [4.69, 9.17) is 9.26 Å². The van der Waals surface area contributed by atoms with Crippen molar-refractivity contribution in [2.45, 2.75) is 32.2 Å². The van der Waals surface area contributed by atoms with Gasteiger partial charge in [-0.05, 0) is 43.4 Å². The molecule has 1 aliphatic rings. The van der Waals surface area contributed by atoms with Crippen molar-refractivity contribution in [2.75, 3.05) is 13.2 Å². The highest BCUT2D eigenvalue weighted by molar-refractivity contribution is 5.78. The summed E-state index contributed by atoms with van der Waals surface area (Å²) in [5.41, 5.74) is 0.751. The lowest BCUT2D eigenvalue weighted by Crippen LogP contribution is -2.37. The van der Waals surface area contributed by atoms with E-state index in [0.717, 1.165) is 18.4 Å². The van der Waals surface area contributed by atoms with Gasteiger partial charge in [-0.3, -0.25) is 4.79 Å². The van der Waals surface area contributed by atoms with Gasteiger partial charge in [-0.15, -0.1) is 0 Å². The van der Waals surface area contributed by atoms with E-state index < -0.39 is 0 Å². The van der Waals surface area contributed by atoms with Crippen molar-refractivity contribution in [1.82, 2.24) is 15.5 Å². The molecule has 1 aliphatic heterocycles. The monoisotopic (exact) mass is 333 g/mol. The minimum Gasteiger partial charge on any atom is -0.381 e. The molecule has 1 unspecified atom stereocenters. The third-order valence-electron chi connectivity index (χ3n) is 4.14. The maximum atomic E-state index is 13.0. The molecule has 1 N–H and O–H groups in total. The van der Waals surface area contributed by atoms with Crippen molar-refractivity contribution in [3.05, 3.63) is 47.4 Å². The first-order valence-corrected chi connectivity index (χ1v) is 8.03. The molecule has 128 valence electrons. The van der Waals surface area contributed by atoms with Crippen molar-refractivity contribution in [3.63, 3.8) is 0 Å². The fourth-order valence-corrected chi connectivity index (χ4v) is 2.88. The summed E-state index contributed by atoms with van der Waals surface area (Å²) in [6, 6.07) is 5.58. The Balaban J connectivity index is 1.70. The largest absolute Gasteiger partial charge is 0.381 e. The maximum Gasteiger partial charge on any atom is 0.249 e. The lowest BCUT2D eigenvalue weighted by molar-refractivity contribution is -0.122. The number of carbonyl (C=O) groups excluding carboxylic acids is 1. The van der Waals surface area contributed by atoms with Crippen LogP contribution in [0.4, 0.5) is 4.39 Å². The summed E-state index contributed by atoms with van der Waals surface area (Å²) < 4.78 is 23.6. The Morgan fingerprint density at radius 3 is 2.67 bits per heavy atom. The summed E-state index contributed by atoms with van der Waals surface area (Å²) in [6.45, 7) is 3.05. The topological polar surface area (TPSA) is 77.2 Å². The Morgan fingerprint density at radius 2 is 2.04 bits per heavy atom. The molecule has 24 heavy (non-hydrogen) atoms. The van der Waals surface area contributed by atoms with Gasteiger partial charge in [-0.1, -0.05) is 17.3 Å². The smallest absolute Gasteiger partial charge is 0.249 e. The number of hydrogen-bond acceptors (Lipinski definition) is 5. The molecule has 3 rings (SSSR count). The predicted octanol–water partition coefficient (Wildman–Crippen LogP) is 2.34. The van der Waals surface area contributed by atoms with Gasteiger partial charge in [-0.2, -0.15) is 4.98 Å². The number of aromatic nitrogens is 2. The van der Waals surface area contributed by atoms with Gasteiger partial charge in [0.25, 0.3) is 0 Å². The maximum absolute atomic E-state index is 13.0. The van der Waals surface area contributed by atoms with Gasteiger partial charge in [0.15, 0.2) is 5.82 Å². The average molecular weight is 333 g/mol. The molecule has 0 saturated carbocycles. The van der Waals surface area contributed by atoms with Crippen LogP contribution in [0.5, 0.6) is 0 Å². The molecule has 1 saturated heterocycles. The van der Waals surface area contributed by atoms with Crippen molar-refractivity contribution >= 4 is 5.91 Å². The molecular weight excluding hydrogens is 313 g/mol. The van der Waals surface area contributed by atoms with E-state index in [1.807, 2.05) is 0 Å². The van der Waals surface area contributed by atoms with Crippen LogP contribution in [0.2, 0.25) is 0 Å². The van der Waals surface area contributed by atoms with Gasteiger partial charge in [0.05, 0.1) is 6.42 Å². The van der Waals surface area contributed by atoms with Crippen molar-refractivity contribution < 1.29 is 18.4 Å². The first-order chi connectivity index (χ1) is 11.6. The lowest BCUT2D eigenvalue weighted by atomic mass is 9.91. The Kier molecular flexibility index (Phi) is 5.20. The van der Waals surface area contributed by atoms with E-state index in [2.05, 4.69) is 15.5 Å². The molecule has 0 bridgehead atoms. The third kappa shape index (κ3) is 4.17. The zero-order valence-electron chi connectivity index (χ0n) is 13.5. The van der Waals surface area contributed by atoms with Gasteiger partial charge in [0.1, 0.15) is 11.9 Å². The first kappa shape index (κ1) is 16.6. The highest BCUT2D eigenvalue weighted by Crippen LogP contribution is 2.29. The highest BCUT2D eigenvalue weighted by Gasteiger charge is 2.31. The number of ether oxygens (including phenoxy) is 1. The van der Waals surface area contributed by atoms with Gasteiger partial charge in [-0.25, -0.2) is 4.39 Å². The molecule has 1 aromatic carbocycles. The van der Waals surface area contributed by atoms with Gasteiger partial charge in [0.2, 0.25) is 11.8 Å². The molecule has 1 atom stereocenters. The number of nitrogens with one attached hydrogen (secondary N) is 1. The van der Waals surface area contributed by atoms with Crippen LogP contribution in [-0.2, 0) is 16.0 Å². The first-order valence-electron chi connectivity index (χ1n) is 8.03. The molecule has 0 radical (unpaired) electrons. The van der Waals surface area contributed by atoms with E-state index in [1.165, 1.54) is 12.1 Å². The third-order valence-corrected chi connectivity index (χ3v) is 4.14. The SMILES string of the molecule is Cc1noc(C(NC(=O)Cc2ccc(F)cc2)C2CCOCC2)n1. The zero-order valence-corrected chi connectivity index (χ0v) is 13.5. The molecule has 0 spiro atoms. The summed E-state index contributed by atoms with van der Waals surface area (Å²) in [6.07, 6.45) is 1.82. The molecule has 1 fully saturated rings. The van der Waals surface area contributed by atoms with Crippen LogP contribution in [0.15, 0.2) is 28.8 Å². The Hall–Kier alpha value is -2.28. The van der Waals surface area contributed by atoms with Gasteiger partial charge >= 0.3 is 0 Å². The quantitative estimate of drug-likeness (QED) is 0.909. The number of halogens is 1. The lowest BCUT2D eigenvalue weighted by Gasteiger charge is -2.28. The minimum atomic E-state index is -0.331. The van der Waals surface area contributed by atoms with E-state index in [9.17, 15) is 9.18 Å². The van der Waals surface area contributed by atoms with Gasteiger partial charge in [0, 0.05) is 13.2 Å². The number of rotatable bonds is 5. The average Bonchev–Trinajstić information content (AvgIpc) is 3.02. The minimum absolute atomic E-state index is 0.158. The van der Waals surface area contributed by atoms with Crippen LogP contribution in [0.25, 0.3) is 0 Å². The highest BCUT2D eigenvalue weighted by atomic mass is 19.1. The summed E-state index contributed by atoms with van der Waals surface area (Å²) in [5, 5.41) is 6.82. The van der Waals surface area contributed by atoms with E-state index in [1.54, 1.807) is 19.1 Å². The molecular formula is C17H20FN3O3. The molecule has 7 heteroatoms. The second kappa shape index (κ2) is 7.53. The number of amides is 1. The molecule has 1 aromatic heterocycles. The van der Waals surface area contributed by atoms with Crippen molar-refractivity contribution in [1.29, 1.82) is 0 Å². The standard InChI is InChI=1S/C17H20FN3O3/c1-11-19-17(24-21-11)16(13-6-8-23-9-7-13)20-15(22)10-12-2-4-14(18)5-3-12/h2-5,13,16H,6-10H2,1H3,(H,20,22). The summed E-state index contributed by atoms with van der Waals surface area (Å²) in [7, 11) is 0. The van der Waals surface area contributed by atoms with Gasteiger partial charge < -0.3 is 14.6 Å². The number of benzene rings is 1. The number of hydrogen-bond donors (Lipinski definition) is 1. The van der Waals surface area contributed by atoms with Crippen LogP contribution in [0, 0.1) is 18.7 Å². The van der Waals surface area contributed by atoms with Crippen LogP contribution in [-0.4, -0.2) is 29.3 Å². The van der Waals surface area contributed by atoms with Crippen LogP contribution < -0.4 is 5.32 Å². The molecule has 2 aromatic rings. The fourth-order valence-electron chi connectivity index (χ4n) is 2.88. The number of nitrogens with zero attached hydrogens (tertiary/aromatic N) is 2. The Morgan fingerprint density at radius 1 is 1.33 bits per heavy atom. The Labute approximate surface area is 139 Å². The predicted molar refractivity (Wildman–Crippen MR) is 83.6 cm³/mol. The molecule has 1 amide bonds. The molecule has 2 heterocycles. The summed E-state index contributed by atoms with van der Waals surface area (Å²) in [5.74, 6) is 0.673. The van der Waals surface area contributed by atoms with E-state index in [0.29, 0.717) is 24.9 Å².